The molecule has 0 aliphatic carbocycles. The molecular weight excluding hydrogens is 224 g/mol. The van der Waals surface area contributed by atoms with Gasteiger partial charge in [0.2, 0.25) is 0 Å². The van der Waals surface area contributed by atoms with Gasteiger partial charge in [0.1, 0.15) is 0 Å². The lowest BCUT2D eigenvalue weighted by Crippen LogP contribution is -2.21. The lowest BCUT2D eigenvalue weighted by Gasteiger charge is -2.11. The van der Waals surface area contributed by atoms with E-state index in [1.807, 2.05) is 13.0 Å². The summed E-state index contributed by atoms with van der Waals surface area (Å²) in [4.78, 5) is 0.387. The zero-order chi connectivity index (χ0) is 11.6. The second-order valence-corrected chi connectivity index (χ2v) is 6.27. The van der Waals surface area contributed by atoms with Crippen LogP contribution in [0.4, 0.5) is 0 Å². The maximum Gasteiger partial charge on any atom is 0.180 e. The van der Waals surface area contributed by atoms with Gasteiger partial charge in [-0.25, -0.2) is 8.42 Å². The van der Waals surface area contributed by atoms with E-state index in [-0.39, 0.29) is 18.0 Å². The number of hydrogen-bond acceptors (Lipinski definition) is 3. The Morgan fingerprint density at radius 3 is 2.50 bits per heavy atom. The first-order valence-electron chi connectivity index (χ1n) is 5.51. The van der Waals surface area contributed by atoms with Gasteiger partial charge in [0, 0.05) is 0 Å². The molecule has 0 radical (unpaired) electrons. The van der Waals surface area contributed by atoms with Crippen LogP contribution in [-0.4, -0.2) is 26.4 Å². The molecule has 0 bridgehead atoms. The molecule has 1 aliphatic heterocycles. The molecule has 1 aromatic rings. The van der Waals surface area contributed by atoms with Gasteiger partial charge in [0.25, 0.3) is 0 Å². The third-order valence-corrected chi connectivity index (χ3v) is 4.63. The first-order chi connectivity index (χ1) is 7.58. The fourth-order valence-electron chi connectivity index (χ4n) is 1.98. The molecule has 16 heavy (non-hydrogen) atoms. The highest BCUT2D eigenvalue weighted by Gasteiger charge is 2.27. The molecule has 2 atom stereocenters. The van der Waals surface area contributed by atoms with E-state index in [1.165, 1.54) is 0 Å². The molecule has 0 spiro atoms. The molecule has 0 aromatic heterocycles. The van der Waals surface area contributed by atoms with Gasteiger partial charge in [0.15, 0.2) is 9.84 Å². The Morgan fingerprint density at radius 1 is 1.25 bits per heavy atom. The summed E-state index contributed by atoms with van der Waals surface area (Å²) in [6, 6.07) is 8.56. The predicted octanol–water partition coefficient (Wildman–Crippen LogP) is 2.03. The maximum atomic E-state index is 12.0. The van der Waals surface area contributed by atoms with Crippen molar-refractivity contribution in [1.29, 1.82) is 0 Å². The minimum absolute atomic E-state index is 0.0986. The molecule has 1 aliphatic rings. The van der Waals surface area contributed by atoms with Gasteiger partial charge >= 0.3 is 0 Å². The summed E-state index contributed by atoms with van der Waals surface area (Å²) in [5.41, 5.74) is 0. The quantitative estimate of drug-likeness (QED) is 0.812. The normalized spacial score (nSPS) is 25.8. The molecule has 1 fully saturated rings. The largest absolute Gasteiger partial charge is 0.374 e. The van der Waals surface area contributed by atoms with Gasteiger partial charge in [-0.3, -0.25) is 0 Å². The zero-order valence-corrected chi connectivity index (χ0v) is 10.1. The van der Waals surface area contributed by atoms with Crippen LogP contribution in [0.25, 0.3) is 0 Å². The molecule has 2 rings (SSSR count). The average molecular weight is 240 g/mol. The summed E-state index contributed by atoms with van der Waals surface area (Å²) < 4.78 is 29.6. The van der Waals surface area contributed by atoms with Crippen molar-refractivity contribution in [3.63, 3.8) is 0 Å². The van der Waals surface area contributed by atoms with Crippen molar-refractivity contribution in [2.75, 3.05) is 5.75 Å². The van der Waals surface area contributed by atoms with E-state index < -0.39 is 9.84 Å². The monoisotopic (exact) mass is 240 g/mol. The summed E-state index contributed by atoms with van der Waals surface area (Å²) in [7, 11) is -3.19. The smallest absolute Gasteiger partial charge is 0.180 e. The topological polar surface area (TPSA) is 43.4 Å². The van der Waals surface area contributed by atoms with Crippen LogP contribution in [0.15, 0.2) is 35.2 Å². The van der Waals surface area contributed by atoms with Crippen molar-refractivity contribution < 1.29 is 13.2 Å². The van der Waals surface area contributed by atoms with Crippen LogP contribution < -0.4 is 0 Å². The van der Waals surface area contributed by atoms with Crippen LogP contribution in [0.3, 0.4) is 0 Å². The predicted molar refractivity (Wildman–Crippen MR) is 62.1 cm³/mol. The van der Waals surface area contributed by atoms with Crippen LogP contribution >= 0.6 is 0 Å². The highest BCUT2D eigenvalue weighted by atomic mass is 32.2. The number of sulfone groups is 1. The Balaban J connectivity index is 2.09. The molecule has 3 nitrogen and oxygen atoms in total. The molecule has 1 heterocycles. The number of rotatable bonds is 3. The number of ether oxygens (including phenoxy) is 1. The van der Waals surface area contributed by atoms with E-state index in [4.69, 9.17) is 4.74 Å². The van der Waals surface area contributed by atoms with Gasteiger partial charge in [0.05, 0.1) is 22.9 Å². The SMILES string of the molecule is C[C@@H]1CC[C@@H](CS(=O)(=O)c2ccccc2)O1. The lowest BCUT2D eigenvalue weighted by atomic mass is 10.2. The number of hydrogen-bond donors (Lipinski definition) is 0. The van der Waals surface area contributed by atoms with Crippen molar-refractivity contribution in [3.05, 3.63) is 30.3 Å². The first kappa shape index (κ1) is 11.6. The molecule has 0 amide bonds. The second-order valence-electron chi connectivity index (χ2n) is 4.24. The van der Waals surface area contributed by atoms with Crippen LogP contribution in [0.5, 0.6) is 0 Å². The molecule has 88 valence electrons. The Bertz CT molecular complexity index is 439. The summed E-state index contributed by atoms with van der Waals surface area (Å²) >= 11 is 0. The minimum Gasteiger partial charge on any atom is -0.374 e. The van der Waals surface area contributed by atoms with E-state index >= 15 is 0 Å². The Kier molecular flexibility index (Phi) is 3.30. The standard InChI is InChI=1S/C12H16O3S/c1-10-7-8-11(15-10)9-16(13,14)12-5-3-2-4-6-12/h2-6,10-11H,7-9H2,1H3/t10-,11+/m1/s1. The van der Waals surface area contributed by atoms with Gasteiger partial charge in [-0.05, 0) is 31.9 Å². The fourth-order valence-corrected chi connectivity index (χ4v) is 3.48. The fraction of sp³-hybridized carbons (Fsp3) is 0.500. The van der Waals surface area contributed by atoms with Crippen molar-refractivity contribution in [3.8, 4) is 0 Å². The van der Waals surface area contributed by atoms with Gasteiger partial charge in [-0.1, -0.05) is 18.2 Å². The maximum absolute atomic E-state index is 12.0. The molecule has 0 N–H and O–H groups in total. The summed E-state index contributed by atoms with van der Waals surface area (Å²) in [6.07, 6.45) is 1.85. The summed E-state index contributed by atoms with van der Waals surface area (Å²) in [5.74, 6) is 0.0986. The van der Waals surface area contributed by atoms with Crippen LogP contribution in [-0.2, 0) is 14.6 Å². The van der Waals surface area contributed by atoms with Crippen LogP contribution in [0.1, 0.15) is 19.8 Å². The van der Waals surface area contributed by atoms with Crippen molar-refractivity contribution in [2.24, 2.45) is 0 Å². The van der Waals surface area contributed by atoms with Gasteiger partial charge < -0.3 is 4.74 Å². The highest BCUT2D eigenvalue weighted by Crippen LogP contribution is 2.22. The van der Waals surface area contributed by atoms with Crippen LogP contribution in [0.2, 0.25) is 0 Å². The highest BCUT2D eigenvalue weighted by molar-refractivity contribution is 7.91. The Morgan fingerprint density at radius 2 is 1.94 bits per heavy atom. The third-order valence-electron chi connectivity index (χ3n) is 2.83. The molecular formula is C12H16O3S. The first-order valence-corrected chi connectivity index (χ1v) is 7.16. The van der Waals surface area contributed by atoms with E-state index in [9.17, 15) is 8.42 Å². The van der Waals surface area contributed by atoms with Crippen LogP contribution in [0, 0.1) is 0 Å². The minimum atomic E-state index is -3.19. The third kappa shape index (κ3) is 2.62. The lowest BCUT2D eigenvalue weighted by molar-refractivity contribution is 0.0690. The number of benzene rings is 1. The van der Waals surface area contributed by atoms with E-state index in [1.54, 1.807) is 24.3 Å². The van der Waals surface area contributed by atoms with Gasteiger partial charge in [-0.2, -0.15) is 0 Å². The van der Waals surface area contributed by atoms with Gasteiger partial charge in [-0.15, -0.1) is 0 Å². The summed E-state index contributed by atoms with van der Waals surface area (Å²) in [5, 5.41) is 0. The second kappa shape index (κ2) is 4.55. The molecule has 1 aromatic carbocycles. The Labute approximate surface area is 96.4 Å². The Hall–Kier alpha value is -0.870. The van der Waals surface area contributed by atoms with E-state index in [2.05, 4.69) is 0 Å². The van der Waals surface area contributed by atoms with Crippen molar-refractivity contribution >= 4 is 9.84 Å². The van der Waals surface area contributed by atoms with Crippen molar-refractivity contribution in [2.45, 2.75) is 36.9 Å². The molecule has 1 saturated heterocycles. The zero-order valence-electron chi connectivity index (χ0n) is 9.30. The summed E-state index contributed by atoms with van der Waals surface area (Å²) in [6.45, 7) is 1.98. The molecule has 4 heteroatoms. The van der Waals surface area contributed by atoms with E-state index in [0.29, 0.717) is 4.90 Å². The average Bonchev–Trinajstić information content (AvgIpc) is 2.64. The molecule has 0 unspecified atom stereocenters. The molecule has 0 saturated carbocycles. The van der Waals surface area contributed by atoms with Crippen molar-refractivity contribution in [1.82, 2.24) is 0 Å². The van der Waals surface area contributed by atoms with E-state index in [0.717, 1.165) is 12.8 Å².